The molecule has 1 aromatic carbocycles. The number of methoxy groups -OCH3 is 1. The highest BCUT2D eigenvalue weighted by Gasteiger charge is 2.06. The van der Waals surface area contributed by atoms with Gasteiger partial charge in [0, 0.05) is 29.5 Å². The van der Waals surface area contributed by atoms with Gasteiger partial charge in [0.15, 0.2) is 5.82 Å². The minimum atomic E-state index is 0.603. The largest absolute Gasteiger partial charge is 0.497 e. The standard InChI is InChI=1S/C11H13BrN4O/c1-16-6-10(13)11(15-16)14-8-3-7(12)4-9(5-8)17-2/h3-6H,13H2,1-2H3,(H,14,15). The smallest absolute Gasteiger partial charge is 0.175 e. The van der Waals surface area contributed by atoms with Gasteiger partial charge in [0.1, 0.15) is 5.75 Å². The highest BCUT2D eigenvalue weighted by molar-refractivity contribution is 9.10. The zero-order valence-electron chi connectivity index (χ0n) is 9.57. The van der Waals surface area contributed by atoms with Crippen molar-refractivity contribution in [3.05, 3.63) is 28.9 Å². The Kier molecular flexibility index (Phi) is 3.23. The molecule has 5 nitrogen and oxygen atoms in total. The molecule has 0 aliphatic rings. The Morgan fingerprint density at radius 3 is 2.76 bits per heavy atom. The second-order valence-electron chi connectivity index (χ2n) is 3.61. The Morgan fingerprint density at radius 2 is 2.18 bits per heavy atom. The number of hydrogen-bond donors (Lipinski definition) is 2. The average Bonchev–Trinajstić information content (AvgIpc) is 2.56. The second-order valence-corrected chi connectivity index (χ2v) is 4.53. The Morgan fingerprint density at radius 1 is 1.41 bits per heavy atom. The molecule has 0 fully saturated rings. The van der Waals surface area contributed by atoms with Crippen LogP contribution in [0.15, 0.2) is 28.9 Å². The van der Waals surface area contributed by atoms with Gasteiger partial charge in [-0.05, 0) is 12.1 Å². The maximum absolute atomic E-state index is 5.81. The molecule has 0 atom stereocenters. The fourth-order valence-electron chi connectivity index (χ4n) is 1.49. The van der Waals surface area contributed by atoms with Crippen LogP contribution in [-0.2, 0) is 7.05 Å². The lowest BCUT2D eigenvalue weighted by molar-refractivity contribution is 0.415. The Balaban J connectivity index is 2.29. The molecular formula is C11H13BrN4O. The minimum Gasteiger partial charge on any atom is -0.497 e. The number of nitrogen functional groups attached to an aromatic ring is 1. The van der Waals surface area contributed by atoms with Gasteiger partial charge in [-0.2, -0.15) is 5.10 Å². The maximum Gasteiger partial charge on any atom is 0.175 e. The van der Waals surface area contributed by atoms with Crippen LogP contribution in [-0.4, -0.2) is 16.9 Å². The monoisotopic (exact) mass is 296 g/mol. The van der Waals surface area contributed by atoms with E-state index in [0.717, 1.165) is 15.9 Å². The molecule has 0 aliphatic carbocycles. The summed E-state index contributed by atoms with van der Waals surface area (Å²) in [5.41, 5.74) is 7.27. The lowest BCUT2D eigenvalue weighted by Crippen LogP contribution is -1.96. The van der Waals surface area contributed by atoms with E-state index in [0.29, 0.717) is 11.5 Å². The Labute approximate surface area is 108 Å². The van der Waals surface area contributed by atoms with Crippen LogP contribution >= 0.6 is 15.9 Å². The molecule has 90 valence electrons. The zero-order chi connectivity index (χ0) is 12.4. The molecule has 17 heavy (non-hydrogen) atoms. The van der Waals surface area contributed by atoms with Crippen LogP contribution in [0.5, 0.6) is 5.75 Å². The SMILES string of the molecule is COc1cc(Br)cc(Nc2nn(C)cc2N)c1. The van der Waals surface area contributed by atoms with Crippen LogP contribution in [0, 0.1) is 0 Å². The molecule has 2 aromatic rings. The third kappa shape index (κ3) is 2.71. The molecule has 0 aliphatic heterocycles. The molecule has 1 aromatic heterocycles. The summed E-state index contributed by atoms with van der Waals surface area (Å²) in [6.07, 6.45) is 1.75. The number of hydrogen-bond acceptors (Lipinski definition) is 4. The Hall–Kier alpha value is -1.69. The van der Waals surface area contributed by atoms with E-state index in [1.165, 1.54) is 0 Å². The second kappa shape index (κ2) is 4.67. The van der Waals surface area contributed by atoms with Crippen molar-refractivity contribution in [1.29, 1.82) is 0 Å². The van der Waals surface area contributed by atoms with Crippen molar-refractivity contribution in [1.82, 2.24) is 9.78 Å². The van der Waals surface area contributed by atoms with E-state index in [-0.39, 0.29) is 0 Å². The van der Waals surface area contributed by atoms with Gasteiger partial charge < -0.3 is 15.8 Å². The van der Waals surface area contributed by atoms with Gasteiger partial charge >= 0.3 is 0 Å². The summed E-state index contributed by atoms with van der Waals surface area (Å²) < 4.78 is 7.77. The van der Waals surface area contributed by atoms with Gasteiger partial charge in [-0.3, -0.25) is 4.68 Å². The van der Waals surface area contributed by atoms with Gasteiger partial charge in [0.05, 0.1) is 12.8 Å². The van der Waals surface area contributed by atoms with Crippen molar-refractivity contribution in [3.8, 4) is 5.75 Å². The minimum absolute atomic E-state index is 0.603. The number of nitrogens with two attached hydrogens (primary N) is 1. The molecule has 0 radical (unpaired) electrons. The number of nitrogens with zero attached hydrogens (tertiary/aromatic N) is 2. The summed E-state index contributed by atoms with van der Waals surface area (Å²) in [7, 11) is 3.45. The van der Waals surface area contributed by atoms with Crippen molar-refractivity contribution >= 4 is 33.1 Å². The first-order valence-corrected chi connectivity index (χ1v) is 5.78. The molecule has 0 unspecified atom stereocenters. The van der Waals surface area contributed by atoms with Gasteiger partial charge in [-0.15, -0.1) is 0 Å². The van der Waals surface area contributed by atoms with Crippen LogP contribution in [0.1, 0.15) is 0 Å². The molecule has 0 saturated heterocycles. The highest BCUT2D eigenvalue weighted by Crippen LogP contribution is 2.28. The van der Waals surface area contributed by atoms with Crippen molar-refractivity contribution in [2.45, 2.75) is 0 Å². The van der Waals surface area contributed by atoms with Crippen LogP contribution in [0.3, 0.4) is 0 Å². The number of aromatic nitrogens is 2. The molecule has 0 amide bonds. The highest BCUT2D eigenvalue weighted by atomic mass is 79.9. The van der Waals surface area contributed by atoms with E-state index in [9.17, 15) is 0 Å². The van der Waals surface area contributed by atoms with E-state index in [1.807, 2.05) is 25.2 Å². The predicted molar refractivity (Wildman–Crippen MR) is 71.6 cm³/mol. The maximum atomic E-state index is 5.81. The molecule has 0 bridgehead atoms. The fourth-order valence-corrected chi connectivity index (χ4v) is 1.97. The average molecular weight is 297 g/mol. The van der Waals surface area contributed by atoms with Crippen molar-refractivity contribution in [2.75, 3.05) is 18.2 Å². The van der Waals surface area contributed by atoms with Crippen molar-refractivity contribution in [2.24, 2.45) is 7.05 Å². The summed E-state index contributed by atoms with van der Waals surface area (Å²) >= 11 is 3.41. The van der Waals surface area contributed by atoms with E-state index >= 15 is 0 Å². The van der Waals surface area contributed by atoms with E-state index < -0.39 is 0 Å². The van der Waals surface area contributed by atoms with Crippen molar-refractivity contribution < 1.29 is 4.74 Å². The number of benzene rings is 1. The van der Waals surface area contributed by atoms with Gasteiger partial charge in [-0.1, -0.05) is 15.9 Å². The third-order valence-electron chi connectivity index (χ3n) is 2.23. The summed E-state index contributed by atoms with van der Waals surface area (Å²) in [5.74, 6) is 1.39. The Bertz CT molecular complexity index is 538. The topological polar surface area (TPSA) is 65.1 Å². The number of nitrogens with one attached hydrogen (secondary N) is 1. The first-order chi connectivity index (χ1) is 8.08. The molecule has 6 heteroatoms. The number of aryl methyl sites for hydroxylation is 1. The van der Waals surface area contributed by atoms with E-state index in [2.05, 4.69) is 26.3 Å². The van der Waals surface area contributed by atoms with Gasteiger partial charge in [-0.25, -0.2) is 0 Å². The predicted octanol–water partition coefficient (Wildman–Crippen LogP) is 2.52. The summed E-state index contributed by atoms with van der Waals surface area (Å²) in [5, 5.41) is 7.36. The number of anilines is 3. The quantitative estimate of drug-likeness (QED) is 0.913. The van der Waals surface area contributed by atoms with E-state index in [4.69, 9.17) is 10.5 Å². The van der Waals surface area contributed by atoms with Crippen LogP contribution in [0.2, 0.25) is 0 Å². The zero-order valence-corrected chi connectivity index (χ0v) is 11.2. The van der Waals surface area contributed by atoms with Crippen LogP contribution in [0.25, 0.3) is 0 Å². The first kappa shape index (κ1) is 11.8. The third-order valence-corrected chi connectivity index (χ3v) is 2.68. The molecule has 1 heterocycles. The van der Waals surface area contributed by atoms with Crippen LogP contribution in [0.4, 0.5) is 17.2 Å². The van der Waals surface area contributed by atoms with Gasteiger partial charge in [0.25, 0.3) is 0 Å². The number of halogens is 1. The normalized spacial score (nSPS) is 10.3. The van der Waals surface area contributed by atoms with Crippen LogP contribution < -0.4 is 15.8 Å². The first-order valence-electron chi connectivity index (χ1n) is 4.99. The number of ether oxygens (including phenoxy) is 1. The lowest BCUT2D eigenvalue weighted by atomic mass is 10.3. The van der Waals surface area contributed by atoms with E-state index in [1.54, 1.807) is 18.0 Å². The molecular weight excluding hydrogens is 284 g/mol. The fraction of sp³-hybridized carbons (Fsp3) is 0.182. The van der Waals surface area contributed by atoms with Gasteiger partial charge in [0.2, 0.25) is 0 Å². The molecule has 3 N–H and O–H groups in total. The summed E-state index contributed by atoms with van der Waals surface area (Å²) in [4.78, 5) is 0. The van der Waals surface area contributed by atoms with Crippen molar-refractivity contribution in [3.63, 3.8) is 0 Å². The lowest BCUT2D eigenvalue weighted by Gasteiger charge is -2.07. The summed E-state index contributed by atoms with van der Waals surface area (Å²) in [6, 6.07) is 5.68. The molecule has 2 rings (SSSR count). The molecule has 0 spiro atoms. The number of rotatable bonds is 3. The molecule has 0 saturated carbocycles. The summed E-state index contributed by atoms with van der Waals surface area (Å²) in [6.45, 7) is 0.